The Kier molecular flexibility index (Phi) is 7.46. The number of rotatable bonds is 3. The molecule has 34 valence electrons. The summed E-state index contributed by atoms with van der Waals surface area (Å²) in [4.78, 5) is 0. The third-order valence-corrected chi connectivity index (χ3v) is 1.94. The average Bonchev–Trinajstić information content (AvgIpc) is 1.61. The Morgan fingerprint density at radius 2 is 2.50 bits per heavy atom. The fraction of sp³-hybridized carbons (Fsp3) is 1.00. The lowest BCUT2D eigenvalue weighted by Gasteiger charge is -1.84. The molecule has 0 N–H and O–H groups in total. The van der Waals surface area contributed by atoms with Gasteiger partial charge in [0.15, 0.2) is 7.12 Å². The molecule has 0 unspecified atom stereocenters. The van der Waals surface area contributed by atoms with Crippen LogP contribution in [0.1, 0.15) is 0 Å². The molecule has 0 aromatic carbocycles. The summed E-state index contributed by atoms with van der Waals surface area (Å²) >= 11 is 4.32. The Hall–Kier alpha value is 1.21. The highest BCUT2D eigenvalue weighted by Crippen LogP contribution is 1.95. The van der Waals surface area contributed by atoms with Crippen LogP contribution in [0.15, 0.2) is 0 Å². The van der Waals surface area contributed by atoms with E-state index < -0.39 is 0 Å². The van der Waals surface area contributed by atoms with Gasteiger partial charge in [-0.3, -0.25) is 0 Å². The molecule has 0 aliphatic carbocycles. The van der Waals surface area contributed by atoms with Crippen molar-refractivity contribution in [1.29, 1.82) is 0 Å². The lowest BCUT2D eigenvalue weighted by atomic mass is 10.1. The summed E-state index contributed by atoms with van der Waals surface area (Å²) in [5, 5.41) is 1.30. The first-order valence-electron chi connectivity index (χ1n) is 1.96. The molecule has 0 nitrogen and oxygen atoms in total. The van der Waals surface area contributed by atoms with Gasteiger partial charge in [-0.1, -0.05) is 6.32 Å². The maximum absolute atomic E-state index is 2.40. The van der Waals surface area contributed by atoms with Crippen molar-refractivity contribution in [2.24, 2.45) is 0 Å². The molecular weight excluding hydrogens is 205 g/mol. The van der Waals surface area contributed by atoms with E-state index in [1.807, 2.05) is 11.6 Å². The van der Waals surface area contributed by atoms with Crippen LogP contribution in [0.3, 0.4) is 0 Å². The van der Waals surface area contributed by atoms with Crippen molar-refractivity contribution in [2.75, 3.05) is 5.75 Å². The van der Waals surface area contributed by atoms with Crippen LogP contribution in [0.5, 0.6) is 0 Å². The standard InChI is InChI=1S/C2H7B2IS/c3-6-2-1-4-5/h4H,1-3H2. The van der Waals surface area contributed by atoms with Crippen LogP contribution in [0.4, 0.5) is 0 Å². The SMILES string of the molecule is BSCCBI. The molecule has 0 rings (SSSR count). The van der Waals surface area contributed by atoms with Crippen LogP contribution >= 0.6 is 34.0 Å². The van der Waals surface area contributed by atoms with Gasteiger partial charge in [0, 0.05) is 0 Å². The van der Waals surface area contributed by atoms with Gasteiger partial charge in [0.05, 0.1) is 0 Å². The van der Waals surface area contributed by atoms with E-state index in [0.717, 1.165) is 0 Å². The highest BCUT2D eigenvalue weighted by molar-refractivity contribution is 14.1. The van der Waals surface area contributed by atoms with Gasteiger partial charge in [0.1, 0.15) is 0 Å². The minimum absolute atomic E-state index is 1.30. The fourth-order valence-corrected chi connectivity index (χ4v) is 1.53. The normalized spacial score (nSPS) is 8.17. The molecular formula is C2H7B2IS. The monoisotopic (exact) mass is 212 g/mol. The Morgan fingerprint density at radius 1 is 1.83 bits per heavy atom. The fourth-order valence-electron chi connectivity index (χ4n) is 0.199. The third-order valence-electron chi connectivity index (χ3n) is 0.482. The predicted octanol–water partition coefficient (Wildman–Crippen LogP) is 0.472. The number of hydrogen-bond donors (Lipinski definition) is 0. The van der Waals surface area contributed by atoms with Gasteiger partial charge in [-0.15, -0.1) is 0 Å². The number of halogens is 1. The van der Waals surface area contributed by atoms with Gasteiger partial charge >= 0.3 is 0 Å². The highest BCUT2D eigenvalue weighted by atomic mass is 127. The van der Waals surface area contributed by atoms with Gasteiger partial charge in [-0.25, -0.2) is 11.6 Å². The molecule has 0 heterocycles. The van der Waals surface area contributed by atoms with E-state index in [1.54, 1.807) is 0 Å². The first-order chi connectivity index (χ1) is 2.91. The highest BCUT2D eigenvalue weighted by Gasteiger charge is 1.79. The van der Waals surface area contributed by atoms with Crippen molar-refractivity contribution < 1.29 is 0 Å². The van der Waals surface area contributed by atoms with Crippen molar-refractivity contribution >= 4 is 46.2 Å². The van der Waals surface area contributed by atoms with Gasteiger partial charge in [-0.2, -0.15) is 22.4 Å². The Labute approximate surface area is 58.3 Å². The second-order valence-electron chi connectivity index (χ2n) is 1.04. The van der Waals surface area contributed by atoms with Crippen LogP contribution in [0, 0.1) is 0 Å². The quantitative estimate of drug-likeness (QED) is 0.372. The Balaban J connectivity index is 2.34. The summed E-state index contributed by atoms with van der Waals surface area (Å²) in [7, 11) is 2.15. The van der Waals surface area contributed by atoms with E-state index in [4.69, 9.17) is 0 Å². The second-order valence-corrected chi connectivity index (χ2v) is 3.10. The van der Waals surface area contributed by atoms with E-state index in [-0.39, 0.29) is 0 Å². The molecule has 0 radical (unpaired) electrons. The van der Waals surface area contributed by atoms with E-state index in [9.17, 15) is 0 Å². The van der Waals surface area contributed by atoms with Crippen molar-refractivity contribution in [1.82, 2.24) is 0 Å². The van der Waals surface area contributed by atoms with Crippen LogP contribution in [0.2, 0.25) is 6.32 Å². The first-order valence-corrected chi connectivity index (χ1v) is 4.88. The zero-order valence-corrected chi connectivity index (χ0v) is 6.88. The van der Waals surface area contributed by atoms with E-state index in [1.165, 1.54) is 17.2 Å². The average molecular weight is 212 g/mol. The summed E-state index contributed by atoms with van der Waals surface area (Å²) in [6.45, 7) is 0. The molecule has 0 atom stereocenters. The molecule has 0 fully saturated rings. The van der Waals surface area contributed by atoms with Crippen molar-refractivity contribution in [3.63, 3.8) is 0 Å². The predicted molar refractivity (Wildman–Crippen MR) is 47.0 cm³/mol. The maximum atomic E-state index is 2.40. The lowest BCUT2D eigenvalue weighted by Crippen LogP contribution is -1.78. The second kappa shape index (κ2) is 6.21. The molecule has 0 amide bonds. The smallest absolute Gasteiger partial charge is 0.200 e. The van der Waals surface area contributed by atoms with E-state index in [2.05, 4.69) is 29.5 Å². The van der Waals surface area contributed by atoms with Gasteiger partial charge in [0.2, 0.25) is 5.14 Å². The Bertz CT molecular complexity index is 23.5. The molecule has 0 saturated heterocycles. The van der Waals surface area contributed by atoms with Crippen LogP contribution in [-0.4, -0.2) is 18.0 Å². The van der Waals surface area contributed by atoms with E-state index in [0.29, 0.717) is 0 Å². The maximum Gasteiger partial charge on any atom is 0.200 e. The van der Waals surface area contributed by atoms with Crippen molar-refractivity contribution in [2.45, 2.75) is 6.32 Å². The molecule has 0 bridgehead atoms. The molecule has 0 aliphatic heterocycles. The minimum atomic E-state index is 1.30. The minimum Gasteiger partial charge on any atom is -0.220 e. The lowest BCUT2D eigenvalue weighted by molar-refractivity contribution is 1.52. The van der Waals surface area contributed by atoms with E-state index >= 15 is 0 Å². The van der Waals surface area contributed by atoms with Gasteiger partial charge in [0.25, 0.3) is 0 Å². The molecule has 0 aromatic heterocycles. The summed E-state index contributed by atoms with van der Waals surface area (Å²) in [5.74, 6) is 1.32. The largest absolute Gasteiger partial charge is 0.220 e. The first kappa shape index (κ1) is 7.21. The van der Waals surface area contributed by atoms with Crippen LogP contribution in [-0.2, 0) is 0 Å². The molecule has 6 heavy (non-hydrogen) atoms. The summed E-state index contributed by atoms with van der Waals surface area (Å²) in [6, 6.07) is 0. The summed E-state index contributed by atoms with van der Waals surface area (Å²) in [6.07, 6.45) is 1.36. The van der Waals surface area contributed by atoms with Crippen LogP contribution in [0.25, 0.3) is 0 Å². The topological polar surface area (TPSA) is 0 Å². The zero-order chi connectivity index (χ0) is 4.83. The molecule has 0 aliphatic rings. The number of hydrogen-bond acceptors (Lipinski definition) is 1. The molecule has 0 spiro atoms. The van der Waals surface area contributed by atoms with Gasteiger partial charge in [-0.05, 0) is 5.75 Å². The third kappa shape index (κ3) is 5.21. The summed E-state index contributed by atoms with van der Waals surface area (Å²) < 4.78 is 0. The Morgan fingerprint density at radius 3 is 2.67 bits per heavy atom. The van der Waals surface area contributed by atoms with Crippen LogP contribution < -0.4 is 0 Å². The van der Waals surface area contributed by atoms with Crippen molar-refractivity contribution in [3.05, 3.63) is 0 Å². The molecule has 0 saturated carbocycles. The zero-order valence-electron chi connectivity index (χ0n) is 3.91. The van der Waals surface area contributed by atoms with Crippen molar-refractivity contribution in [3.8, 4) is 0 Å². The molecule has 4 heteroatoms. The molecule has 0 aromatic rings. The van der Waals surface area contributed by atoms with Gasteiger partial charge < -0.3 is 0 Å². The summed E-state index contributed by atoms with van der Waals surface area (Å²) in [5.41, 5.74) is 0.